The minimum atomic E-state index is -0.193. The third kappa shape index (κ3) is 2.09. The van der Waals surface area contributed by atoms with Crippen molar-refractivity contribution in [3.8, 4) is 23.3 Å². The molecule has 2 rings (SSSR count). The van der Waals surface area contributed by atoms with Crippen molar-refractivity contribution in [2.75, 3.05) is 7.11 Å². The molecule has 0 N–H and O–H groups in total. The molecular formula is C13H11N3O2. The average Bonchev–Trinajstić information content (AvgIpc) is 2.42. The smallest absolute Gasteiger partial charge is 0.299 e. The Kier molecular flexibility index (Phi) is 3.11. The van der Waals surface area contributed by atoms with Gasteiger partial charge in [-0.05, 0) is 12.1 Å². The van der Waals surface area contributed by atoms with Crippen molar-refractivity contribution in [1.29, 1.82) is 5.26 Å². The van der Waals surface area contributed by atoms with Crippen LogP contribution in [0.1, 0.15) is 5.56 Å². The molecule has 0 aliphatic carbocycles. The zero-order valence-corrected chi connectivity index (χ0v) is 10.0. The van der Waals surface area contributed by atoms with E-state index in [4.69, 9.17) is 10.00 Å². The Hall–Kier alpha value is -2.61. The van der Waals surface area contributed by atoms with Gasteiger partial charge in [0, 0.05) is 18.7 Å². The molecule has 0 amide bonds. The Balaban J connectivity index is 2.54. The van der Waals surface area contributed by atoms with Crippen LogP contribution < -0.4 is 10.3 Å². The molecule has 0 unspecified atom stereocenters. The molecule has 1 heterocycles. The summed E-state index contributed by atoms with van der Waals surface area (Å²) in [5, 5.41) is 8.72. The molecule has 2 aromatic rings. The summed E-state index contributed by atoms with van der Waals surface area (Å²) >= 11 is 0. The zero-order chi connectivity index (χ0) is 13.1. The molecule has 1 aromatic heterocycles. The van der Waals surface area contributed by atoms with Crippen LogP contribution in [0.25, 0.3) is 11.3 Å². The summed E-state index contributed by atoms with van der Waals surface area (Å²) in [6, 6.07) is 10.6. The Bertz CT molecular complexity index is 666. The molecule has 0 aliphatic rings. The monoisotopic (exact) mass is 241 g/mol. The van der Waals surface area contributed by atoms with Crippen LogP contribution in [0.5, 0.6) is 6.01 Å². The van der Waals surface area contributed by atoms with Gasteiger partial charge in [0.2, 0.25) is 0 Å². The fraction of sp³-hybridized carbons (Fsp3) is 0.154. The molecule has 0 bridgehead atoms. The van der Waals surface area contributed by atoms with E-state index in [2.05, 4.69) is 4.98 Å². The number of hydrogen-bond acceptors (Lipinski definition) is 4. The van der Waals surface area contributed by atoms with Gasteiger partial charge in [-0.2, -0.15) is 10.2 Å². The van der Waals surface area contributed by atoms with Gasteiger partial charge in [0.1, 0.15) is 0 Å². The van der Waals surface area contributed by atoms with Gasteiger partial charge in [0.15, 0.2) is 0 Å². The molecule has 1 aromatic carbocycles. The summed E-state index contributed by atoms with van der Waals surface area (Å²) in [4.78, 5) is 15.9. The molecular weight excluding hydrogens is 230 g/mol. The van der Waals surface area contributed by atoms with Crippen molar-refractivity contribution in [1.82, 2.24) is 9.55 Å². The first-order valence-corrected chi connectivity index (χ1v) is 5.28. The Morgan fingerprint density at radius 1 is 1.33 bits per heavy atom. The second kappa shape index (κ2) is 4.72. The minimum absolute atomic E-state index is 0.193. The second-order valence-electron chi connectivity index (χ2n) is 3.71. The summed E-state index contributed by atoms with van der Waals surface area (Å²) < 4.78 is 6.36. The van der Waals surface area contributed by atoms with E-state index in [1.807, 2.05) is 6.07 Å². The van der Waals surface area contributed by atoms with Gasteiger partial charge in [0.25, 0.3) is 11.6 Å². The predicted molar refractivity (Wildman–Crippen MR) is 66.2 cm³/mol. The topological polar surface area (TPSA) is 67.9 Å². The Labute approximate surface area is 104 Å². The van der Waals surface area contributed by atoms with Gasteiger partial charge in [0.05, 0.1) is 24.4 Å². The fourth-order valence-electron chi connectivity index (χ4n) is 1.56. The number of nitriles is 1. The SMILES string of the molecule is COc1nc(-c2ccc(C#N)cc2)cc(=O)n1C. The van der Waals surface area contributed by atoms with Gasteiger partial charge in [-0.15, -0.1) is 0 Å². The highest BCUT2D eigenvalue weighted by molar-refractivity contribution is 5.60. The van der Waals surface area contributed by atoms with Gasteiger partial charge in [-0.3, -0.25) is 9.36 Å². The maximum Gasteiger partial charge on any atom is 0.299 e. The molecule has 0 saturated heterocycles. The van der Waals surface area contributed by atoms with Crippen molar-refractivity contribution >= 4 is 0 Å². The predicted octanol–water partition coefficient (Wildman–Crippen LogP) is 1.33. The normalized spacial score (nSPS) is 9.83. The van der Waals surface area contributed by atoms with E-state index in [0.717, 1.165) is 5.56 Å². The third-order valence-electron chi connectivity index (χ3n) is 2.59. The van der Waals surface area contributed by atoms with Crippen molar-refractivity contribution < 1.29 is 4.74 Å². The number of rotatable bonds is 2. The van der Waals surface area contributed by atoms with Crippen LogP contribution in [-0.4, -0.2) is 16.7 Å². The summed E-state index contributed by atoms with van der Waals surface area (Å²) in [5.41, 5.74) is 1.67. The van der Waals surface area contributed by atoms with E-state index in [1.165, 1.54) is 17.7 Å². The Morgan fingerprint density at radius 3 is 2.56 bits per heavy atom. The Morgan fingerprint density at radius 2 is 2.00 bits per heavy atom. The number of benzene rings is 1. The first kappa shape index (κ1) is 11.9. The molecule has 5 heteroatoms. The summed E-state index contributed by atoms with van der Waals surface area (Å²) in [7, 11) is 3.06. The number of ether oxygens (including phenoxy) is 1. The highest BCUT2D eigenvalue weighted by Gasteiger charge is 2.07. The molecule has 0 atom stereocenters. The van der Waals surface area contributed by atoms with Gasteiger partial charge in [-0.25, -0.2) is 0 Å². The van der Waals surface area contributed by atoms with Crippen LogP contribution in [0.15, 0.2) is 35.1 Å². The lowest BCUT2D eigenvalue weighted by Crippen LogP contribution is -2.19. The zero-order valence-electron chi connectivity index (χ0n) is 10.0. The van der Waals surface area contributed by atoms with Gasteiger partial charge in [-0.1, -0.05) is 12.1 Å². The number of nitrogens with zero attached hydrogens (tertiary/aromatic N) is 3. The summed E-state index contributed by atoms with van der Waals surface area (Å²) in [6.07, 6.45) is 0. The van der Waals surface area contributed by atoms with E-state index < -0.39 is 0 Å². The fourth-order valence-corrected chi connectivity index (χ4v) is 1.56. The van der Waals surface area contributed by atoms with Crippen molar-refractivity contribution in [2.24, 2.45) is 7.05 Å². The number of aromatic nitrogens is 2. The van der Waals surface area contributed by atoms with Crippen molar-refractivity contribution in [3.63, 3.8) is 0 Å². The quantitative estimate of drug-likeness (QED) is 0.795. The molecule has 0 fully saturated rings. The lowest BCUT2D eigenvalue weighted by atomic mass is 10.1. The maximum atomic E-state index is 11.7. The third-order valence-corrected chi connectivity index (χ3v) is 2.59. The van der Waals surface area contributed by atoms with Gasteiger partial charge >= 0.3 is 0 Å². The first-order valence-electron chi connectivity index (χ1n) is 5.28. The maximum absolute atomic E-state index is 11.7. The van der Waals surface area contributed by atoms with E-state index in [0.29, 0.717) is 11.3 Å². The van der Waals surface area contributed by atoms with E-state index in [-0.39, 0.29) is 11.6 Å². The highest BCUT2D eigenvalue weighted by Crippen LogP contribution is 2.18. The van der Waals surface area contributed by atoms with Gasteiger partial charge < -0.3 is 4.74 Å². The van der Waals surface area contributed by atoms with Crippen LogP contribution in [0.4, 0.5) is 0 Å². The summed E-state index contributed by atoms with van der Waals surface area (Å²) in [5.74, 6) is 0. The largest absolute Gasteiger partial charge is 0.468 e. The van der Waals surface area contributed by atoms with Crippen LogP contribution in [0.3, 0.4) is 0 Å². The van der Waals surface area contributed by atoms with Crippen LogP contribution >= 0.6 is 0 Å². The highest BCUT2D eigenvalue weighted by atomic mass is 16.5. The van der Waals surface area contributed by atoms with E-state index in [9.17, 15) is 4.79 Å². The van der Waals surface area contributed by atoms with Crippen molar-refractivity contribution in [2.45, 2.75) is 0 Å². The number of hydrogen-bond donors (Lipinski definition) is 0. The molecule has 0 aliphatic heterocycles. The van der Waals surface area contributed by atoms with Crippen LogP contribution in [0, 0.1) is 11.3 Å². The minimum Gasteiger partial charge on any atom is -0.468 e. The van der Waals surface area contributed by atoms with E-state index in [1.54, 1.807) is 31.3 Å². The number of methoxy groups -OCH3 is 1. The first-order chi connectivity index (χ1) is 8.65. The lowest BCUT2D eigenvalue weighted by Gasteiger charge is -2.07. The molecule has 0 spiro atoms. The standard InChI is InChI=1S/C13H11N3O2/c1-16-12(17)7-11(15-13(16)18-2)10-5-3-9(8-14)4-6-10/h3-7H,1-2H3. The molecule has 90 valence electrons. The molecule has 5 nitrogen and oxygen atoms in total. The molecule has 0 saturated carbocycles. The lowest BCUT2D eigenvalue weighted by molar-refractivity contribution is 0.357. The molecule has 0 radical (unpaired) electrons. The molecule has 18 heavy (non-hydrogen) atoms. The summed E-state index contributed by atoms with van der Waals surface area (Å²) in [6.45, 7) is 0. The van der Waals surface area contributed by atoms with Crippen LogP contribution in [0.2, 0.25) is 0 Å². The second-order valence-corrected chi connectivity index (χ2v) is 3.71. The van der Waals surface area contributed by atoms with Crippen molar-refractivity contribution in [3.05, 3.63) is 46.2 Å². The average molecular weight is 241 g/mol. The van der Waals surface area contributed by atoms with E-state index >= 15 is 0 Å². The van der Waals surface area contributed by atoms with Crippen LogP contribution in [-0.2, 0) is 7.05 Å².